The summed E-state index contributed by atoms with van der Waals surface area (Å²) in [5.41, 5.74) is 2.90. The molecule has 90 valence electrons. The van der Waals surface area contributed by atoms with Crippen LogP contribution in [0, 0.1) is 6.92 Å². The maximum Gasteiger partial charge on any atom is 0.0832 e. The summed E-state index contributed by atoms with van der Waals surface area (Å²) in [5, 5.41) is 17.6. The third-order valence-electron chi connectivity index (χ3n) is 2.55. The molecule has 5 heteroatoms. The highest BCUT2D eigenvalue weighted by molar-refractivity contribution is 6.30. The summed E-state index contributed by atoms with van der Waals surface area (Å²) in [6.45, 7) is 2.17. The van der Waals surface area contributed by atoms with Gasteiger partial charge in [0.1, 0.15) is 0 Å². The predicted octanol–water partition coefficient (Wildman–Crippen LogP) is 2.15. The molecule has 0 fully saturated rings. The quantitative estimate of drug-likeness (QED) is 0.906. The van der Waals surface area contributed by atoms with Gasteiger partial charge in [-0.1, -0.05) is 22.9 Å². The summed E-state index contributed by atoms with van der Waals surface area (Å²) in [5.74, 6) is 0. The summed E-state index contributed by atoms with van der Waals surface area (Å²) in [6.07, 6.45) is 3.30. The molecule has 0 unspecified atom stereocenters. The molecule has 2 rings (SSSR count). The first-order chi connectivity index (χ1) is 8.20. The molecule has 17 heavy (non-hydrogen) atoms. The lowest BCUT2D eigenvalue weighted by Gasteiger charge is -2.04. The van der Waals surface area contributed by atoms with Crippen LogP contribution in [0.1, 0.15) is 17.7 Å². The summed E-state index contributed by atoms with van der Waals surface area (Å²) < 4.78 is 1.72. The van der Waals surface area contributed by atoms with Crippen LogP contribution >= 0.6 is 11.6 Å². The number of nitrogens with zero attached hydrogens (tertiary/aromatic N) is 3. The Bertz CT molecular complexity index is 510. The van der Waals surface area contributed by atoms with Crippen LogP contribution in [0.25, 0.3) is 5.69 Å². The summed E-state index contributed by atoms with van der Waals surface area (Å²) in [6, 6.07) is 5.66. The average molecular weight is 252 g/mol. The molecular weight excluding hydrogens is 238 g/mol. The molecule has 0 radical (unpaired) electrons. The minimum Gasteiger partial charge on any atom is -0.396 e. The number of aryl methyl sites for hydroxylation is 2. The molecule has 0 bridgehead atoms. The van der Waals surface area contributed by atoms with Gasteiger partial charge in [0.2, 0.25) is 0 Å². The van der Waals surface area contributed by atoms with E-state index in [-0.39, 0.29) is 6.61 Å². The normalized spacial score (nSPS) is 10.8. The minimum atomic E-state index is 0.170. The fourth-order valence-corrected chi connectivity index (χ4v) is 1.79. The Hall–Kier alpha value is -1.39. The molecule has 1 N–H and O–H groups in total. The molecule has 2 aromatic rings. The van der Waals surface area contributed by atoms with E-state index in [0.29, 0.717) is 11.4 Å². The number of hydrogen-bond donors (Lipinski definition) is 1. The molecular formula is C12H14ClN3O. The first kappa shape index (κ1) is 12.1. The van der Waals surface area contributed by atoms with Crippen molar-refractivity contribution in [1.82, 2.24) is 15.0 Å². The molecule has 4 nitrogen and oxygen atoms in total. The number of aromatic nitrogens is 3. The van der Waals surface area contributed by atoms with Gasteiger partial charge in [0.25, 0.3) is 0 Å². The molecule has 0 spiro atoms. The number of aliphatic hydroxyl groups is 1. The smallest absolute Gasteiger partial charge is 0.0832 e. The number of halogens is 1. The van der Waals surface area contributed by atoms with Crippen molar-refractivity contribution in [3.63, 3.8) is 0 Å². The Morgan fingerprint density at radius 1 is 1.41 bits per heavy atom. The van der Waals surface area contributed by atoms with Gasteiger partial charge in [0.05, 0.1) is 17.6 Å². The molecule has 1 heterocycles. The molecule has 1 aromatic carbocycles. The van der Waals surface area contributed by atoms with Gasteiger partial charge in [-0.3, -0.25) is 0 Å². The van der Waals surface area contributed by atoms with Gasteiger partial charge in [-0.15, -0.1) is 5.10 Å². The molecule has 0 saturated heterocycles. The fourth-order valence-electron chi connectivity index (χ4n) is 1.62. The third-order valence-corrected chi connectivity index (χ3v) is 2.78. The second-order valence-electron chi connectivity index (χ2n) is 3.91. The Morgan fingerprint density at radius 2 is 2.24 bits per heavy atom. The SMILES string of the molecule is Cc1ccc(Cl)cc1-n1cc(CCCO)nn1. The molecule has 0 aliphatic heterocycles. The number of aliphatic hydroxyl groups excluding tert-OH is 1. The van der Waals surface area contributed by atoms with E-state index in [0.717, 1.165) is 23.4 Å². The van der Waals surface area contributed by atoms with Crippen molar-refractivity contribution in [2.45, 2.75) is 19.8 Å². The Balaban J connectivity index is 2.27. The topological polar surface area (TPSA) is 50.9 Å². The zero-order valence-corrected chi connectivity index (χ0v) is 10.4. The van der Waals surface area contributed by atoms with E-state index in [9.17, 15) is 0 Å². The number of rotatable bonds is 4. The van der Waals surface area contributed by atoms with Crippen LogP contribution in [0.3, 0.4) is 0 Å². The first-order valence-electron chi connectivity index (χ1n) is 5.49. The van der Waals surface area contributed by atoms with Crippen molar-refractivity contribution < 1.29 is 5.11 Å². The van der Waals surface area contributed by atoms with Crippen molar-refractivity contribution in [2.24, 2.45) is 0 Å². The van der Waals surface area contributed by atoms with Crippen LogP contribution in [-0.4, -0.2) is 26.7 Å². The Morgan fingerprint density at radius 3 is 3.00 bits per heavy atom. The molecule has 0 atom stereocenters. The average Bonchev–Trinajstić information content (AvgIpc) is 2.78. The lowest BCUT2D eigenvalue weighted by Crippen LogP contribution is -1.97. The summed E-state index contributed by atoms with van der Waals surface area (Å²) in [4.78, 5) is 0. The van der Waals surface area contributed by atoms with Crippen LogP contribution in [0.5, 0.6) is 0 Å². The van der Waals surface area contributed by atoms with Crippen molar-refractivity contribution in [1.29, 1.82) is 0 Å². The summed E-state index contributed by atoms with van der Waals surface area (Å²) >= 11 is 5.96. The molecule has 0 amide bonds. The maximum atomic E-state index is 8.76. The lowest BCUT2D eigenvalue weighted by molar-refractivity contribution is 0.288. The molecule has 0 aliphatic carbocycles. The fraction of sp³-hybridized carbons (Fsp3) is 0.333. The van der Waals surface area contributed by atoms with E-state index in [1.54, 1.807) is 4.68 Å². The zero-order chi connectivity index (χ0) is 12.3. The maximum absolute atomic E-state index is 8.76. The minimum absolute atomic E-state index is 0.170. The van der Waals surface area contributed by atoms with Crippen molar-refractivity contribution in [2.75, 3.05) is 6.61 Å². The Labute approximate surface area is 105 Å². The van der Waals surface area contributed by atoms with Crippen LogP contribution in [0.2, 0.25) is 5.02 Å². The second kappa shape index (κ2) is 5.29. The van der Waals surface area contributed by atoms with Gasteiger partial charge in [-0.2, -0.15) is 0 Å². The number of hydrogen-bond acceptors (Lipinski definition) is 3. The van der Waals surface area contributed by atoms with Gasteiger partial charge in [-0.25, -0.2) is 4.68 Å². The van der Waals surface area contributed by atoms with E-state index in [4.69, 9.17) is 16.7 Å². The van der Waals surface area contributed by atoms with E-state index in [1.165, 1.54) is 0 Å². The lowest BCUT2D eigenvalue weighted by atomic mass is 10.2. The van der Waals surface area contributed by atoms with E-state index >= 15 is 0 Å². The highest BCUT2D eigenvalue weighted by Crippen LogP contribution is 2.18. The monoisotopic (exact) mass is 251 g/mol. The van der Waals surface area contributed by atoms with E-state index in [2.05, 4.69) is 10.3 Å². The van der Waals surface area contributed by atoms with Gasteiger partial charge in [0.15, 0.2) is 0 Å². The van der Waals surface area contributed by atoms with Crippen LogP contribution in [0.4, 0.5) is 0 Å². The highest BCUT2D eigenvalue weighted by Gasteiger charge is 2.05. The van der Waals surface area contributed by atoms with Crippen LogP contribution < -0.4 is 0 Å². The van der Waals surface area contributed by atoms with Crippen molar-refractivity contribution in [3.05, 3.63) is 40.7 Å². The van der Waals surface area contributed by atoms with Gasteiger partial charge in [0, 0.05) is 11.6 Å². The van der Waals surface area contributed by atoms with E-state index in [1.807, 2.05) is 31.3 Å². The second-order valence-corrected chi connectivity index (χ2v) is 4.35. The van der Waals surface area contributed by atoms with Gasteiger partial charge < -0.3 is 5.11 Å². The van der Waals surface area contributed by atoms with Gasteiger partial charge >= 0.3 is 0 Å². The Kier molecular flexibility index (Phi) is 3.76. The molecule has 0 saturated carbocycles. The summed E-state index contributed by atoms with van der Waals surface area (Å²) in [7, 11) is 0. The molecule has 1 aromatic heterocycles. The third kappa shape index (κ3) is 2.84. The van der Waals surface area contributed by atoms with Crippen LogP contribution in [-0.2, 0) is 6.42 Å². The zero-order valence-electron chi connectivity index (χ0n) is 9.60. The standard InChI is InChI=1S/C12H14ClN3O/c1-9-4-5-10(13)7-12(9)16-8-11(14-15-16)3-2-6-17/h4-5,7-8,17H,2-3,6H2,1H3. The molecule has 0 aliphatic rings. The highest BCUT2D eigenvalue weighted by atomic mass is 35.5. The van der Waals surface area contributed by atoms with Crippen molar-refractivity contribution in [3.8, 4) is 5.69 Å². The largest absolute Gasteiger partial charge is 0.396 e. The predicted molar refractivity (Wildman–Crippen MR) is 66.5 cm³/mol. The van der Waals surface area contributed by atoms with E-state index < -0.39 is 0 Å². The van der Waals surface area contributed by atoms with Crippen molar-refractivity contribution >= 4 is 11.6 Å². The van der Waals surface area contributed by atoms with Gasteiger partial charge in [-0.05, 0) is 37.5 Å². The first-order valence-corrected chi connectivity index (χ1v) is 5.87. The number of benzene rings is 1. The van der Waals surface area contributed by atoms with Crippen LogP contribution in [0.15, 0.2) is 24.4 Å².